The molecule has 0 amide bonds. The first-order valence-corrected chi connectivity index (χ1v) is 7.13. The fourth-order valence-corrected chi connectivity index (χ4v) is 2.54. The fourth-order valence-electron chi connectivity index (χ4n) is 2.54. The average Bonchev–Trinajstić information content (AvgIpc) is 2.99. The highest BCUT2D eigenvalue weighted by atomic mass is 19.4. The SMILES string of the molecule is Oc1ccc(-c2cnn(C3CCOCC3)c2)cc1OC(F)(F)F. The van der Waals surface area contributed by atoms with Crippen LogP contribution in [0.5, 0.6) is 11.5 Å². The second-order valence-corrected chi connectivity index (χ2v) is 5.28. The number of hydrogen-bond acceptors (Lipinski definition) is 4. The first-order valence-electron chi connectivity index (χ1n) is 7.13. The number of hydrogen-bond donors (Lipinski definition) is 1. The Kier molecular flexibility index (Phi) is 4.16. The van der Waals surface area contributed by atoms with Crippen LogP contribution in [0.2, 0.25) is 0 Å². The van der Waals surface area contributed by atoms with Gasteiger partial charge in [0, 0.05) is 25.0 Å². The van der Waals surface area contributed by atoms with Crippen molar-refractivity contribution in [2.75, 3.05) is 13.2 Å². The Bertz CT molecular complexity index is 679. The number of rotatable bonds is 3. The van der Waals surface area contributed by atoms with E-state index in [1.54, 1.807) is 17.1 Å². The molecule has 1 aliphatic heterocycles. The van der Waals surface area contributed by atoms with Crippen molar-refractivity contribution < 1.29 is 27.8 Å². The number of aromatic nitrogens is 2. The molecule has 1 aliphatic rings. The maximum absolute atomic E-state index is 12.3. The van der Waals surface area contributed by atoms with Crippen molar-refractivity contribution in [3.8, 4) is 22.6 Å². The summed E-state index contributed by atoms with van der Waals surface area (Å²) in [5.74, 6) is -1.20. The van der Waals surface area contributed by atoms with Gasteiger partial charge < -0.3 is 14.6 Å². The first-order chi connectivity index (χ1) is 10.9. The molecule has 2 aromatic rings. The summed E-state index contributed by atoms with van der Waals surface area (Å²) in [7, 11) is 0. The van der Waals surface area contributed by atoms with Gasteiger partial charge in [-0.15, -0.1) is 13.2 Å². The number of halogens is 3. The van der Waals surface area contributed by atoms with Crippen LogP contribution in [0, 0.1) is 0 Å². The van der Waals surface area contributed by atoms with Gasteiger partial charge in [0.25, 0.3) is 0 Å². The van der Waals surface area contributed by atoms with Crippen LogP contribution in [0.3, 0.4) is 0 Å². The third-order valence-electron chi connectivity index (χ3n) is 3.69. The number of alkyl halides is 3. The van der Waals surface area contributed by atoms with E-state index in [1.165, 1.54) is 12.1 Å². The lowest BCUT2D eigenvalue weighted by atomic mass is 10.1. The summed E-state index contributed by atoms with van der Waals surface area (Å²) in [6, 6.07) is 4.06. The molecule has 0 spiro atoms. The van der Waals surface area contributed by atoms with Gasteiger partial charge >= 0.3 is 6.36 Å². The first kappa shape index (κ1) is 15.7. The largest absolute Gasteiger partial charge is 0.573 e. The molecular weight excluding hydrogens is 313 g/mol. The zero-order chi connectivity index (χ0) is 16.4. The molecule has 124 valence electrons. The minimum atomic E-state index is -4.86. The van der Waals surface area contributed by atoms with Gasteiger partial charge in [-0.2, -0.15) is 5.10 Å². The predicted octanol–water partition coefficient (Wildman–Crippen LogP) is 3.51. The highest BCUT2D eigenvalue weighted by molar-refractivity contribution is 5.65. The molecule has 0 aliphatic carbocycles. The molecule has 1 aromatic heterocycles. The lowest BCUT2D eigenvalue weighted by Gasteiger charge is -2.22. The molecule has 8 heteroatoms. The molecular formula is C15H15F3N2O3. The van der Waals surface area contributed by atoms with Crippen molar-refractivity contribution in [2.45, 2.75) is 25.2 Å². The van der Waals surface area contributed by atoms with Gasteiger partial charge in [-0.3, -0.25) is 4.68 Å². The highest BCUT2D eigenvalue weighted by Gasteiger charge is 2.32. The lowest BCUT2D eigenvalue weighted by Crippen LogP contribution is -2.19. The Balaban J connectivity index is 1.84. The van der Waals surface area contributed by atoms with E-state index in [0.29, 0.717) is 24.3 Å². The highest BCUT2D eigenvalue weighted by Crippen LogP contribution is 2.35. The number of benzene rings is 1. The molecule has 23 heavy (non-hydrogen) atoms. The van der Waals surface area contributed by atoms with Crippen LogP contribution in [0.15, 0.2) is 30.6 Å². The van der Waals surface area contributed by atoms with Gasteiger partial charge in [0.2, 0.25) is 0 Å². The van der Waals surface area contributed by atoms with Gasteiger partial charge in [-0.05, 0) is 30.5 Å². The van der Waals surface area contributed by atoms with Crippen LogP contribution in [-0.4, -0.2) is 34.5 Å². The van der Waals surface area contributed by atoms with E-state index in [9.17, 15) is 18.3 Å². The van der Waals surface area contributed by atoms with Crippen molar-refractivity contribution in [1.82, 2.24) is 9.78 Å². The number of phenols is 1. The third kappa shape index (κ3) is 3.76. The molecule has 1 aromatic carbocycles. The smallest absolute Gasteiger partial charge is 0.504 e. The number of nitrogens with zero attached hydrogens (tertiary/aromatic N) is 2. The molecule has 1 saturated heterocycles. The van der Waals surface area contributed by atoms with Crippen molar-refractivity contribution in [2.24, 2.45) is 0 Å². The molecule has 0 atom stereocenters. The summed E-state index contributed by atoms with van der Waals surface area (Å²) >= 11 is 0. The molecule has 1 N–H and O–H groups in total. The quantitative estimate of drug-likeness (QED) is 0.937. The second-order valence-electron chi connectivity index (χ2n) is 5.28. The van der Waals surface area contributed by atoms with Gasteiger partial charge in [-0.1, -0.05) is 6.07 Å². The maximum Gasteiger partial charge on any atom is 0.573 e. The summed E-state index contributed by atoms with van der Waals surface area (Å²) in [4.78, 5) is 0. The fraction of sp³-hybridized carbons (Fsp3) is 0.400. The van der Waals surface area contributed by atoms with Gasteiger partial charge in [0.05, 0.1) is 12.2 Å². The molecule has 2 heterocycles. The number of ether oxygens (including phenoxy) is 2. The Labute approximate surface area is 130 Å². The van der Waals surface area contributed by atoms with E-state index in [2.05, 4.69) is 9.84 Å². The van der Waals surface area contributed by atoms with Crippen LogP contribution < -0.4 is 4.74 Å². The number of phenolic OH excluding ortho intramolecular Hbond substituents is 1. The molecule has 0 saturated carbocycles. The topological polar surface area (TPSA) is 56.5 Å². The van der Waals surface area contributed by atoms with Crippen molar-refractivity contribution >= 4 is 0 Å². The Hall–Kier alpha value is -2.22. The van der Waals surface area contributed by atoms with Crippen LogP contribution >= 0.6 is 0 Å². The predicted molar refractivity (Wildman–Crippen MR) is 75.1 cm³/mol. The minimum Gasteiger partial charge on any atom is -0.504 e. The minimum absolute atomic E-state index is 0.223. The van der Waals surface area contributed by atoms with Gasteiger partial charge in [0.1, 0.15) is 0 Å². The van der Waals surface area contributed by atoms with Gasteiger partial charge in [0.15, 0.2) is 11.5 Å². The summed E-state index contributed by atoms with van der Waals surface area (Å²) in [5.41, 5.74) is 1.14. The third-order valence-corrected chi connectivity index (χ3v) is 3.69. The normalized spacial score (nSPS) is 16.5. The summed E-state index contributed by atoms with van der Waals surface area (Å²) in [5, 5.41) is 13.8. The second kappa shape index (κ2) is 6.11. The van der Waals surface area contributed by atoms with Crippen molar-refractivity contribution in [3.05, 3.63) is 30.6 Å². The van der Waals surface area contributed by atoms with Crippen LogP contribution in [0.4, 0.5) is 13.2 Å². The van der Waals surface area contributed by atoms with E-state index >= 15 is 0 Å². The molecule has 5 nitrogen and oxygen atoms in total. The van der Waals surface area contributed by atoms with E-state index in [-0.39, 0.29) is 6.04 Å². The zero-order valence-electron chi connectivity index (χ0n) is 12.1. The van der Waals surface area contributed by atoms with E-state index in [1.807, 2.05) is 0 Å². The molecule has 0 bridgehead atoms. The van der Waals surface area contributed by atoms with Crippen LogP contribution in [-0.2, 0) is 4.74 Å². The number of aromatic hydroxyl groups is 1. The van der Waals surface area contributed by atoms with Crippen molar-refractivity contribution in [3.63, 3.8) is 0 Å². The monoisotopic (exact) mass is 328 g/mol. The Morgan fingerprint density at radius 2 is 1.96 bits per heavy atom. The van der Waals surface area contributed by atoms with E-state index in [0.717, 1.165) is 18.9 Å². The lowest BCUT2D eigenvalue weighted by molar-refractivity contribution is -0.275. The van der Waals surface area contributed by atoms with E-state index in [4.69, 9.17) is 4.74 Å². The van der Waals surface area contributed by atoms with E-state index < -0.39 is 17.9 Å². The molecule has 0 unspecified atom stereocenters. The standard InChI is InChI=1S/C15H15F3N2O3/c16-15(17,18)23-14-7-10(1-2-13(14)21)11-8-19-20(9-11)12-3-5-22-6-4-12/h1-2,7-9,12,21H,3-6H2. The van der Waals surface area contributed by atoms with Crippen LogP contribution in [0.1, 0.15) is 18.9 Å². The molecule has 0 radical (unpaired) electrons. The molecule has 1 fully saturated rings. The van der Waals surface area contributed by atoms with Gasteiger partial charge in [-0.25, -0.2) is 0 Å². The Morgan fingerprint density at radius 3 is 2.65 bits per heavy atom. The average molecular weight is 328 g/mol. The van der Waals surface area contributed by atoms with Crippen LogP contribution in [0.25, 0.3) is 11.1 Å². The molecule has 3 rings (SSSR count). The summed E-state index contributed by atoms with van der Waals surface area (Å²) in [6.45, 7) is 1.34. The zero-order valence-corrected chi connectivity index (χ0v) is 12.1. The summed E-state index contributed by atoms with van der Waals surface area (Å²) in [6.07, 6.45) is 0.194. The van der Waals surface area contributed by atoms with Crippen molar-refractivity contribution in [1.29, 1.82) is 0 Å². The maximum atomic E-state index is 12.3. The summed E-state index contributed by atoms with van der Waals surface area (Å²) < 4.78 is 47.9. The Morgan fingerprint density at radius 1 is 1.22 bits per heavy atom.